The Labute approximate surface area is 304 Å². The molecule has 18 atom stereocenters. The molecule has 14 heteroatoms. The largest absolute Gasteiger partial charge is 0.459 e. The zero-order valence-corrected chi connectivity index (χ0v) is 32.9. The predicted molar refractivity (Wildman–Crippen MR) is 188 cm³/mol. The number of aliphatic hydroxyl groups excluding tert-OH is 2. The Balaban J connectivity index is 1.82. The van der Waals surface area contributed by atoms with E-state index in [0.29, 0.717) is 18.6 Å². The molecule has 296 valence electrons. The van der Waals surface area contributed by atoms with Gasteiger partial charge in [0.1, 0.15) is 23.9 Å². The van der Waals surface area contributed by atoms with E-state index in [1.165, 1.54) is 7.11 Å². The third-order valence-corrected chi connectivity index (χ3v) is 12.1. The van der Waals surface area contributed by atoms with Crippen molar-refractivity contribution in [1.82, 2.24) is 4.90 Å². The van der Waals surface area contributed by atoms with Gasteiger partial charge in [0, 0.05) is 37.3 Å². The van der Waals surface area contributed by atoms with Crippen molar-refractivity contribution in [2.24, 2.45) is 28.8 Å². The Morgan fingerprint density at radius 1 is 0.961 bits per heavy atom. The summed E-state index contributed by atoms with van der Waals surface area (Å²) in [4.78, 5) is 22.0. The lowest BCUT2D eigenvalue weighted by molar-refractivity contribution is -0.317. The highest BCUT2D eigenvalue weighted by atomic mass is 16.7. The van der Waals surface area contributed by atoms with E-state index in [1.54, 1.807) is 34.6 Å². The van der Waals surface area contributed by atoms with Gasteiger partial charge in [-0.3, -0.25) is 4.79 Å². The maximum atomic E-state index is 14.2. The summed E-state index contributed by atoms with van der Waals surface area (Å²) in [5.74, 6) is -3.02. The lowest BCUT2D eigenvalue weighted by atomic mass is 9.74. The normalized spacial score (nSPS) is 50.3. The van der Waals surface area contributed by atoms with E-state index in [-0.39, 0.29) is 36.8 Å². The zero-order chi connectivity index (χ0) is 38.4. The number of hydrogen-bond acceptors (Lipinski definition) is 14. The first-order valence-corrected chi connectivity index (χ1v) is 18.7. The third-order valence-electron chi connectivity index (χ3n) is 12.1. The van der Waals surface area contributed by atoms with Crippen molar-refractivity contribution in [1.29, 1.82) is 0 Å². The number of aliphatic hydroxyl groups is 4. The summed E-state index contributed by atoms with van der Waals surface area (Å²) < 4.78 is 37.6. The van der Waals surface area contributed by atoms with E-state index in [0.717, 1.165) is 0 Å². The molecule has 4 aliphatic rings. The quantitative estimate of drug-likeness (QED) is 0.282. The Bertz CT molecular complexity index is 1220. The van der Waals surface area contributed by atoms with E-state index in [2.05, 4.69) is 5.16 Å². The summed E-state index contributed by atoms with van der Waals surface area (Å²) in [6.45, 7) is 17.8. The number of esters is 1. The van der Waals surface area contributed by atoms with Gasteiger partial charge in [0.15, 0.2) is 18.7 Å². The van der Waals surface area contributed by atoms with Gasteiger partial charge in [-0.25, -0.2) is 0 Å². The van der Waals surface area contributed by atoms with Crippen LogP contribution in [0, 0.1) is 23.7 Å². The minimum absolute atomic E-state index is 0.147. The van der Waals surface area contributed by atoms with Crippen molar-refractivity contribution in [3.8, 4) is 0 Å². The molecule has 0 saturated carbocycles. The number of nitrogens with zero attached hydrogens (tertiary/aromatic N) is 2. The van der Waals surface area contributed by atoms with Crippen LogP contribution in [0.5, 0.6) is 0 Å². The Morgan fingerprint density at radius 3 is 2.20 bits per heavy atom. The van der Waals surface area contributed by atoms with E-state index in [1.807, 2.05) is 53.6 Å². The topological polar surface area (TPSA) is 178 Å². The molecule has 0 amide bonds. The molecule has 0 spiro atoms. The van der Waals surface area contributed by atoms with Crippen LogP contribution >= 0.6 is 0 Å². The van der Waals surface area contributed by atoms with E-state index in [4.69, 9.17) is 33.3 Å². The molecular weight excluding hydrogens is 664 g/mol. The van der Waals surface area contributed by atoms with Crippen LogP contribution in [0.4, 0.5) is 0 Å². The van der Waals surface area contributed by atoms with Crippen molar-refractivity contribution in [2.45, 2.75) is 179 Å². The summed E-state index contributed by atoms with van der Waals surface area (Å²) >= 11 is 0. The number of methoxy groups -OCH3 is 1. The first-order chi connectivity index (χ1) is 23.6. The van der Waals surface area contributed by atoms with Gasteiger partial charge in [0.25, 0.3) is 0 Å². The van der Waals surface area contributed by atoms with Gasteiger partial charge < -0.3 is 58.6 Å². The third kappa shape index (κ3) is 8.60. The van der Waals surface area contributed by atoms with Crippen LogP contribution in [-0.4, -0.2) is 142 Å². The first-order valence-electron chi connectivity index (χ1n) is 18.7. The summed E-state index contributed by atoms with van der Waals surface area (Å²) in [5, 5.41) is 51.2. The highest BCUT2D eigenvalue weighted by molar-refractivity contribution is 5.89. The van der Waals surface area contributed by atoms with Gasteiger partial charge in [0.2, 0.25) is 0 Å². The summed E-state index contributed by atoms with van der Waals surface area (Å²) in [6, 6.07) is -0.269. The minimum Gasteiger partial charge on any atom is -0.459 e. The fourth-order valence-electron chi connectivity index (χ4n) is 8.90. The van der Waals surface area contributed by atoms with Crippen molar-refractivity contribution >= 4 is 11.7 Å². The smallest absolute Gasteiger partial charge is 0.311 e. The van der Waals surface area contributed by atoms with Crippen LogP contribution in [0.3, 0.4) is 0 Å². The molecule has 0 aliphatic carbocycles. The molecule has 0 radical (unpaired) electrons. The molecule has 4 aliphatic heterocycles. The molecule has 4 N–H and O–H groups in total. The molecule has 4 rings (SSSR count). The van der Waals surface area contributed by atoms with Crippen LogP contribution in [0.1, 0.15) is 94.9 Å². The summed E-state index contributed by atoms with van der Waals surface area (Å²) in [5.41, 5.74) is -3.54. The second-order valence-electron chi connectivity index (χ2n) is 16.7. The van der Waals surface area contributed by atoms with Gasteiger partial charge in [-0.2, -0.15) is 0 Å². The predicted octanol–water partition coefficient (Wildman–Crippen LogP) is 2.61. The Hall–Kier alpha value is -1.46. The second kappa shape index (κ2) is 16.1. The molecule has 0 aromatic heterocycles. The van der Waals surface area contributed by atoms with Crippen molar-refractivity contribution in [3.63, 3.8) is 0 Å². The van der Waals surface area contributed by atoms with Gasteiger partial charge in [-0.15, -0.1) is 0 Å². The zero-order valence-electron chi connectivity index (χ0n) is 32.9. The molecule has 14 nitrogen and oxygen atoms in total. The SMILES string of the molecule is CC[C@H]1OC(=O)[C@H](C)[C@@H](O[C@H]2C[C@@](C)(OC)[C@@H](O)[C@H](C)O2)[C@H](C)[C@@H](O[C@@H]2O[C@H](C)C[C@H](N(C)C)[C@H]2O)[C@](C)(O)C[C@@H](C)C2=NO[C@H]([C@H]2C)[C@]1(C)O. The number of cyclic esters (lactones) is 1. The molecule has 2 bridgehead atoms. The van der Waals surface area contributed by atoms with Crippen LogP contribution in [0.25, 0.3) is 0 Å². The summed E-state index contributed by atoms with van der Waals surface area (Å²) in [6.07, 6.45) is -7.51. The van der Waals surface area contributed by atoms with E-state index in [9.17, 15) is 25.2 Å². The highest BCUT2D eigenvalue weighted by Crippen LogP contribution is 2.42. The molecule has 51 heavy (non-hydrogen) atoms. The van der Waals surface area contributed by atoms with E-state index < -0.39 is 89.9 Å². The maximum absolute atomic E-state index is 14.2. The van der Waals surface area contributed by atoms with Crippen LogP contribution < -0.4 is 0 Å². The minimum atomic E-state index is -1.60. The number of hydrogen-bond donors (Lipinski definition) is 4. The van der Waals surface area contributed by atoms with Gasteiger partial charge in [-0.05, 0) is 74.9 Å². The van der Waals surface area contributed by atoms with Gasteiger partial charge in [0.05, 0.1) is 47.2 Å². The number of carbonyl (C=O) groups excluding carboxylic acids is 1. The van der Waals surface area contributed by atoms with Crippen LogP contribution in [-0.2, 0) is 38.1 Å². The molecular formula is C37H66N2O12. The number of oxime groups is 1. The van der Waals surface area contributed by atoms with Crippen molar-refractivity contribution in [3.05, 3.63) is 0 Å². The fraction of sp³-hybridized carbons (Fsp3) is 0.946. The average Bonchev–Trinajstić information content (AvgIpc) is 3.45. The molecule has 3 fully saturated rings. The Morgan fingerprint density at radius 2 is 1.61 bits per heavy atom. The lowest BCUT2D eigenvalue weighted by Gasteiger charge is -2.49. The maximum Gasteiger partial charge on any atom is 0.311 e. The second-order valence-corrected chi connectivity index (χ2v) is 16.7. The van der Waals surface area contributed by atoms with Crippen LogP contribution in [0.2, 0.25) is 0 Å². The number of rotatable bonds is 7. The van der Waals surface area contributed by atoms with Crippen LogP contribution in [0.15, 0.2) is 5.16 Å². The van der Waals surface area contributed by atoms with E-state index >= 15 is 0 Å². The number of likely N-dealkylation sites (N-methyl/N-ethyl adjacent to an activating group) is 1. The Kier molecular flexibility index (Phi) is 13.4. The van der Waals surface area contributed by atoms with Crippen molar-refractivity contribution < 1.29 is 58.5 Å². The number of fused-ring (bicyclic) bond motifs is 2. The highest BCUT2D eigenvalue weighted by Gasteiger charge is 2.55. The van der Waals surface area contributed by atoms with Crippen molar-refractivity contribution in [2.75, 3.05) is 21.2 Å². The fourth-order valence-corrected chi connectivity index (χ4v) is 8.90. The monoisotopic (exact) mass is 730 g/mol. The molecule has 3 saturated heterocycles. The number of carbonyl (C=O) groups is 1. The number of ether oxygens (including phenoxy) is 6. The van der Waals surface area contributed by atoms with Gasteiger partial charge in [-0.1, -0.05) is 32.9 Å². The summed E-state index contributed by atoms with van der Waals surface area (Å²) in [7, 11) is 5.29. The standard InChI is InChI=1S/C37H66N2O12/c1-14-25-37(10,44)32-20(4)27(38-51-32)18(2)16-35(8,43)31(50-34-28(40)24(39(11)12)15-19(3)46-34)21(5)29(22(6)33(42)48-25)49-26-17-36(9,45-13)30(41)23(7)47-26/h18-26,28-32,34,40-41,43-44H,14-17H2,1-13H3/t18-,19-,20+,21+,22-,23+,24+,25-,26+,28-,29+,30+,31-,32-,34+,35-,36-,37-/m1/s1. The molecule has 0 unspecified atom stereocenters. The molecule has 4 heterocycles. The average molecular weight is 731 g/mol. The first kappa shape index (κ1) is 42.3. The molecule has 0 aromatic carbocycles. The van der Waals surface area contributed by atoms with Gasteiger partial charge >= 0.3 is 5.97 Å². The molecule has 0 aromatic rings. The lowest BCUT2D eigenvalue weighted by Crippen LogP contribution is -2.61.